The lowest BCUT2D eigenvalue weighted by atomic mass is 10.2. The third-order valence-electron chi connectivity index (χ3n) is 4.22. The summed E-state index contributed by atoms with van der Waals surface area (Å²) in [6.07, 6.45) is 0. The second-order valence-corrected chi connectivity index (χ2v) is 6.90. The maximum Gasteiger partial charge on any atom is 0.271 e. The second kappa shape index (κ2) is 10.9. The van der Waals surface area contributed by atoms with Crippen LogP contribution in [0.3, 0.4) is 0 Å². The Hall–Kier alpha value is -3.65. The highest BCUT2D eigenvalue weighted by Crippen LogP contribution is 2.09. The first-order chi connectivity index (χ1) is 15.0. The maximum absolute atomic E-state index is 12.3. The van der Waals surface area contributed by atoms with Gasteiger partial charge in [-0.25, -0.2) is 4.68 Å². The Balaban J connectivity index is 1.46. The number of hydrogen-bond donors (Lipinski definition) is 2. The third kappa shape index (κ3) is 6.68. The summed E-state index contributed by atoms with van der Waals surface area (Å²) in [5.74, 6) is -0.0282. The molecule has 2 amide bonds. The molecule has 0 atom stereocenters. The van der Waals surface area contributed by atoms with Gasteiger partial charge in [0, 0.05) is 29.7 Å². The Labute approximate surface area is 183 Å². The van der Waals surface area contributed by atoms with Crippen LogP contribution in [0.5, 0.6) is 5.75 Å². The number of hydrogen-bond acceptors (Lipinski definition) is 5. The van der Waals surface area contributed by atoms with Crippen molar-refractivity contribution in [1.82, 2.24) is 20.4 Å². The normalized spacial score (nSPS) is 10.4. The predicted molar refractivity (Wildman–Crippen MR) is 117 cm³/mol. The highest BCUT2D eigenvalue weighted by atomic mass is 35.5. The molecule has 0 radical (unpaired) electrons. The average Bonchev–Trinajstić information content (AvgIpc) is 2.79. The van der Waals surface area contributed by atoms with Crippen molar-refractivity contribution in [3.05, 3.63) is 93.4 Å². The second-order valence-electron chi connectivity index (χ2n) is 6.46. The van der Waals surface area contributed by atoms with Crippen LogP contribution >= 0.6 is 11.6 Å². The minimum Gasteiger partial charge on any atom is -0.492 e. The van der Waals surface area contributed by atoms with Crippen LogP contribution in [0.25, 0.3) is 0 Å². The number of carbonyl (C=O) groups is 2. The number of rotatable bonds is 9. The summed E-state index contributed by atoms with van der Waals surface area (Å²) >= 11 is 5.80. The first-order valence-electron chi connectivity index (χ1n) is 9.61. The Morgan fingerprint density at radius 3 is 2.29 bits per heavy atom. The van der Waals surface area contributed by atoms with Crippen molar-refractivity contribution in [2.75, 3.05) is 19.7 Å². The van der Waals surface area contributed by atoms with Gasteiger partial charge < -0.3 is 15.4 Å². The summed E-state index contributed by atoms with van der Waals surface area (Å²) < 4.78 is 6.74. The average molecular weight is 441 g/mol. The minimum atomic E-state index is -0.446. The van der Waals surface area contributed by atoms with Crippen LogP contribution in [0, 0.1) is 0 Å². The lowest BCUT2D eigenvalue weighted by Crippen LogP contribution is -2.36. The van der Waals surface area contributed by atoms with Crippen molar-refractivity contribution in [1.29, 1.82) is 0 Å². The van der Waals surface area contributed by atoms with Gasteiger partial charge in [0.15, 0.2) is 0 Å². The van der Waals surface area contributed by atoms with Crippen molar-refractivity contribution in [2.24, 2.45) is 0 Å². The lowest BCUT2D eigenvalue weighted by Gasteiger charge is -2.10. The quantitative estimate of drug-likeness (QED) is 0.496. The van der Waals surface area contributed by atoms with E-state index in [4.69, 9.17) is 16.3 Å². The Morgan fingerprint density at radius 2 is 1.58 bits per heavy atom. The predicted octanol–water partition coefficient (Wildman–Crippen LogP) is 2.14. The fourth-order valence-corrected chi connectivity index (χ4v) is 2.77. The number of benzene rings is 2. The monoisotopic (exact) mass is 440 g/mol. The van der Waals surface area contributed by atoms with Gasteiger partial charge in [0.25, 0.3) is 17.4 Å². The van der Waals surface area contributed by atoms with Crippen molar-refractivity contribution in [2.45, 2.75) is 6.54 Å². The molecule has 0 spiro atoms. The molecule has 31 heavy (non-hydrogen) atoms. The fraction of sp³-hybridized carbons (Fsp3) is 0.182. The van der Waals surface area contributed by atoms with Gasteiger partial charge in [0.05, 0.1) is 6.54 Å². The van der Waals surface area contributed by atoms with Crippen LogP contribution in [-0.2, 0) is 6.54 Å². The Morgan fingerprint density at radius 1 is 0.903 bits per heavy atom. The van der Waals surface area contributed by atoms with Gasteiger partial charge >= 0.3 is 0 Å². The number of ether oxygens (including phenoxy) is 1. The fourth-order valence-electron chi connectivity index (χ4n) is 2.64. The topological polar surface area (TPSA) is 102 Å². The van der Waals surface area contributed by atoms with Gasteiger partial charge in [-0.05, 0) is 42.5 Å². The van der Waals surface area contributed by atoms with Crippen LogP contribution in [0.15, 0.2) is 71.5 Å². The number of nitrogens with zero attached hydrogens (tertiary/aromatic N) is 2. The molecular weight excluding hydrogens is 420 g/mol. The highest BCUT2D eigenvalue weighted by Gasteiger charge is 2.10. The number of carbonyl (C=O) groups excluding carboxylic acids is 2. The van der Waals surface area contributed by atoms with E-state index in [1.807, 2.05) is 30.3 Å². The van der Waals surface area contributed by atoms with Gasteiger partial charge in [-0.3, -0.25) is 14.4 Å². The molecule has 0 unspecified atom stereocenters. The van der Waals surface area contributed by atoms with E-state index in [-0.39, 0.29) is 43.4 Å². The number of amides is 2. The van der Waals surface area contributed by atoms with Crippen molar-refractivity contribution < 1.29 is 14.3 Å². The molecule has 0 aliphatic rings. The molecule has 0 bridgehead atoms. The lowest BCUT2D eigenvalue weighted by molar-refractivity contribution is 0.0923. The number of para-hydroxylation sites is 1. The number of aromatic nitrogens is 2. The Kier molecular flexibility index (Phi) is 7.78. The van der Waals surface area contributed by atoms with Crippen molar-refractivity contribution in [3.63, 3.8) is 0 Å². The van der Waals surface area contributed by atoms with Crippen molar-refractivity contribution in [3.8, 4) is 5.75 Å². The zero-order valence-electron chi connectivity index (χ0n) is 16.6. The molecule has 2 aromatic carbocycles. The zero-order valence-corrected chi connectivity index (χ0v) is 17.3. The first kappa shape index (κ1) is 22.0. The molecule has 160 valence electrons. The SMILES string of the molecule is O=C(NCCNC(=O)c1ccc(=O)n(CCOc2ccccc2)n1)c1ccc(Cl)cc1. The summed E-state index contributed by atoms with van der Waals surface area (Å²) in [6, 6.07) is 18.3. The van der Waals surface area contributed by atoms with E-state index >= 15 is 0 Å². The number of nitrogens with one attached hydrogen (secondary N) is 2. The van der Waals surface area contributed by atoms with Gasteiger partial charge in [0.1, 0.15) is 18.1 Å². The molecule has 0 saturated carbocycles. The molecule has 9 heteroatoms. The molecule has 0 saturated heterocycles. The van der Waals surface area contributed by atoms with Gasteiger partial charge in [0.2, 0.25) is 0 Å². The van der Waals surface area contributed by atoms with Crippen LogP contribution in [0.2, 0.25) is 5.02 Å². The largest absolute Gasteiger partial charge is 0.492 e. The number of halogens is 1. The van der Waals surface area contributed by atoms with E-state index in [1.165, 1.54) is 16.8 Å². The van der Waals surface area contributed by atoms with Gasteiger partial charge in [-0.2, -0.15) is 5.10 Å². The van der Waals surface area contributed by atoms with Crippen LogP contribution in [0.1, 0.15) is 20.8 Å². The molecule has 3 aromatic rings. The van der Waals surface area contributed by atoms with E-state index < -0.39 is 5.91 Å². The van der Waals surface area contributed by atoms with E-state index in [0.717, 1.165) is 0 Å². The van der Waals surface area contributed by atoms with Crippen molar-refractivity contribution >= 4 is 23.4 Å². The van der Waals surface area contributed by atoms with E-state index in [1.54, 1.807) is 24.3 Å². The van der Waals surface area contributed by atoms with Crippen LogP contribution < -0.4 is 20.9 Å². The van der Waals surface area contributed by atoms with E-state index in [0.29, 0.717) is 16.3 Å². The maximum atomic E-state index is 12.3. The van der Waals surface area contributed by atoms with E-state index in [9.17, 15) is 14.4 Å². The molecule has 1 heterocycles. The molecule has 8 nitrogen and oxygen atoms in total. The molecule has 1 aromatic heterocycles. The standard InChI is InChI=1S/C22H21ClN4O4/c23-17-8-6-16(7-9-17)21(29)24-12-13-25-22(30)19-10-11-20(28)27(26-19)14-15-31-18-4-2-1-3-5-18/h1-11H,12-15H2,(H,24,29)(H,25,30). The summed E-state index contributed by atoms with van der Waals surface area (Å²) in [6.45, 7) is 0.874. The molecule has 2 N–H and O–H groups in total. The highest BCUT2D eigenvalue weighted by molar-refractivity contribution is 6.30. The summed E-state index contributed by atoms with van der Waals surface area (Å²) in [7, 11) is 0. The minimum absolute atomic E-state index is 0.100. The summed E-state index contributed by atoms with van der Waals surface area (Å²) in [4.78, 5) is 36.3. The van der Waals surface area contributed by atoms with E-state index in [2.05, 4.69) is 15.7 Å². The zero-order chi connectivity index (χ0) is 22.1. The smallest absolute Gasteiger partial charge is 0.271 e. The summed E-state index contributed by atoms with van der Waals surface area (Å²) in [5.41, 5.74) is 0.244. The summed E-state index contributed by atoms with van der Waals surface area (Å²) in [5, 5.41) is 9.99. The molecular formula is C22H21ClN4O4. The first-order valence-corrected chi connectivity index (χ1v) is 9.99. The van der Waals surface area contributed by atoms with Crippen LogP contribution in [0.4, 0.5) is 0 Å². The molecule has 0 fully saturated rings. The molecule has 0 aliphatic heterocycles. The van der Waals surface area contributed by atoms with Gasteiger partial charge in [-0.1, -0.05) is 29.8 Å². The Bertz CT molecular complexity index is 1080. The van der Waals surface area contributed by atoms with Crippen LogP contribution in [-0.4, -0.2) is 41.3 Å². The van der Waals surface area contributed by atoms with Gasteiger partial charge in [-0.15, -0.1) is 0 Å². The third-order valence-corrected chi connectivity index (χ3v) is 4.47. The molecule has 3 rings (SSSR count). The molecule has 0 aliphatic carbocycles.